The largest absolute Gasteiger partial charge is 0.307 e. The molecule has 220 valence electrons. The Morgan fingerprint density at radius 2 is 1.00 bits per heavy atom. The maximum absolute atomic E-state index is 2.60. The Bertz CT molecular complexity index is 2380. The summed E-state index contributed by atoms with van der Waals surface area (Å²) in [4.78, 5) is 5.14. The molecule has 0 bridgehead atoms. The summed E-state index contributed by atoms with van der Waals surface area (Å²) in [5.41, 5.74) is 18.2. The van der Waals surface area contributed by atoms with Gasteiger partial charge in [0.15, 0.2) is 0 Å². The van der Waals surface area contributed by atoms with Crippen LogP contribution in [0.15, 0.2) is 121 Å². The van der Waals surface area contributed by atoms with Crippen molar-refractivity contribution in [2.75, 3.05) is 9.80 Å². The molecule has 0 radical (unpaired) electrons. The molecule has 9 rings (SSSR count). The van der Waals surface area contributed by atoms with Crippen LogP contribution in [0.2, 0.25) is 0 Å². The second-order valence-corrected chi connectivity index (χ2v) is 13.3. The fourth-order valence-corrected chi connectivity index (χ4v) is 8.50. The molecular weight excluding hydrogens is 555 g/mol. The second kappa shape index (κ2) is 9.86. The molecule has 0 atom stereocenters. The standard InChI is InChI=1S/C43H35BN2/c1-26-21-29(4)40(30(5)22-26)44-35-19-12-14-28(3)42(35)46-38-24-32-16-8-7-15-31(32)23-37(38)45(36-20-11-6-13-27(36)2)39-25-33-17-9-10-18-34(33)41(44)43(39)46/h6-25H,1-5H3. The van der Waals surface area contributed by atoms with Crippen LogP contribution >= 0.6 is 0 Å². The van der Waals surface area contributed by atoms with E-state index in [1.165, 1.54) is 99.9 Å². The van der Waals surface area contributed by atoms with E-state index in [2.05, 4.69) is 166 Å². The molecule has 0 N–H and O–H groups in total. The van der Waals surface area contributed by atoms with E-state index in [0.29, 0.717) is 0 Å². The highest BCUT2D eigenvalue weighted by Crippen LogP contribution is 2.57. The monoisotopic (exact) mass is 590 g/mol. The van der Waals surface area contributed by atoms with Crippen molar-refractivity contribution in [1.82, 2.24) is 0 Å². The molecule has 2 nitrogen and oxygen atoms in total. The molecule has 0 unspecified atom stereocenters. The van der Waals surface area contributed by atoms with Crippen molar-refractivity contribution in [1.29, 1.82) is 0 Å². The predicted molar refractivity (Wildman–Crippen MR) is 199 cm³/mol. The van der Waals surface area contributed by atoms with Crippen LogP contribution < -0.4 is 26.2 Å². The van der Waals surface area contributed by atoms with E-state index in [0.717, 1.165) is 0 Å². The van der Waals surface area contributed by atoms with Crippen LogP contribution in [-0.2, 0) is 0 Å². The van der Waals surface area contributed by atoms with Gasteiger partial charge in [0.1, 0.15) is 0 Å². The quantitative estimate of drug-likeness (QED) is 0.185. The highest BCUT2D eigenvalue weighted by atomic mass is 15.3. The highest BCUT2D eigenvalue weighted by molar-refractivity contribution is 7.00. The first-order valence-electron chi connectivity index (χ1n) is 16.3. The van der Waals surface area contributed by atoms with Crippen LogP contribution in [0.3, 0.4) is 0 Å². The lowest BCUT2D eigenvalue weighted by Gasteiger charge is -2.47. The van der Waals surface area contributed by atoms with Gasteiger partial charge in [-0.1, -0.05) is 119 Å². The molecule has 2 aliphatic rings. The maximum Gasteiger partial charge on any atom is 0.248 e. The van der Waals surface area contributed by atoms with E-state index < -0.39 is 0 Å². The summed E-state index contributed by atoms with van der Waals surface area (Å²) in [7, 11) is 0. The Morgan fingerprint density at radius 3 is 1.72 bits per heavy atom. The van der Waals surface area contributed by atoms with Gasteiger partial charge in [-0.3, -0.25) is 0 Å². The van der Waals surface area contributed by atoms with E-state index >= 15 is 0 Å². The fraction of sp³-hybridized carbons (Fsp3) is 0.116. The fourth-order valence-electron chi connectivity index (χ4n) is 8.50. The van der Waals surface area contributed by atoms with Crippen LogP contribution in [0.5, 0.6) is 0 Å². The zero-order valence-corrected chi connectivity index (χ0v) is 27.0. The van der Waals surface area contributed by atoms with E-state index in [-0.39, 0.29) is 6.71 Å². The minimum absolute atomic E-state index is 0.0901. The molecule has 0 aromatic heterocycles. The van der Waals surface area contributed by atoms with Crippen molar-refractivity contribution in [3.63, 3.8) is 0 Å². The summed E-state index contributed by atoms with van der Waals surface area (Å²) in [6.45, 7) is 11.4. The number of fused-ring (bicyclic) bond motifs is 7. The van der Waals surface area contributed by atoms with Crippen LogP contribution in [0, 0.1) is 34.6 Å². The highest BCUT2D eigenvalue weighted by Gasteiger charge is 2.44. The normalized spacial score (nSPS) is 13.2. The number of hydrogen-bond donors (Lipinski definition) is 0. The van der Waals surface area contributed by atoms with Gasteiger partial charge in [0.05, 0.1) is 22.7 Å². The summed E-state index contributed by atoms with van der Waals surface area (Å²) >= 11 is 0. The number of para-hydroxylation sites is 2. The Balaban J connectivity index is 1.51. The van der Waals surface area contributed by atoms with Gasteiger partial charge in [-0.05, 0) is 102 Å². The van der Waals surface area contributed by atoms with Crippen molar-refractivity contribution >= 4 is 78.8 Å². The van der Waals surface area contributed by atoms with Gasteiger partial charge in [-0.15, -0.1) is 0 Å². The molecule has 7 aromatic carbocycles. The van der Waals surface area contributed by atoms with Crippen LogP contribution in [0.1, 0.15) is 27.8 Å². The summed E-state index contributed by atoms with van der Waals surface area (Å²) < 4.78 is 0. The summed E-state index contributed by atoms with van der Waals surface area (Å²) in [5, 5.41) is 5.08. The molecule has 0 saturated heterocycles. The third-order valence-electron chi connectivity index (χ3n) is 10.3. The van der Waals surface area contributed by atoms with Crippen LogP contribution in [-0.4, -0.2) is 6.71 Å². The maximum atomic E-state index is 2.60. The molecule has 0 saturated carbocycles. The van der Waals surface area contributed by atoms with Gasteiger partial charge in [0.25, 0.3) is 0 Å². The number of aryl methyl sites for hydroxylation is 5. The van der Waals surface area contributed by atoms with Gasteiger partial charge in [-0.25, -0.2) is 0 Å². The molecule has 0 fully saturated rings. The van der Waals surface area contributed by atoms with E-state index in [9.17, 15) is 0 Å². The summed E-state index contributed by atoms with van der Waals surface area (Å²) in [5.74, 6) is 0. The van der Waals surface area contributed by atoms with Gasteiger partial charge in [0.2, 0.25) is 6.71 Å². The number of hydrogen-bond acceptors (Lipinski definition) is 2. The van der Waals surface area contributed by atoms with E-state index in [1.54, 1.807) is 0 Å². The minimum atomic E-state index is 0.0901. The number of rotatable bonds is 2. The Morgan fingerprint density at radius 1 is 0.413 bits per heavy atom. The average molecular weight is 591 g/mol. The first-order chi connectivity index (χ1) is 22.4. The zero-order valence-electron chi connectivity index (χ0n) is 27.0. The lowest BCUT2D eigenvalue weighted by Crippen LogP contribution is -2.59. The first-order valence-corrected chi connectivity index (χ1v) is 16.3. The number of nitrogens with zero attached hydrogens (tertiary/aromatic N) is 2. The number of anilines is 6. The summed E-state index contributed by atoms with van der Waals surface area (Å²) in [6, 6.07) is 45.5. The Hall–Kier alpha value is -5.28. The van der Waals surface area contributed by atoms with Gasteiger partial charge in [-0.2, -0.15) is 0 Å². The SMILES string of the molecule is Cc1cc(C)c(B2c3cccc(C)c3N3c4cc5ccccc5cc4N(c4ccccc4C)c4cc5ccccc5c2c43)c(C)c1. The lowest BCUT2D eigenvalue weighted by atomic mass is 9.33. The van der Waals surface area contributed by atoms with Crippen LogP contribution in [0.25, 0.3) is 21.5 Å². The van der Waals surface area contributed by atoms with Crippen LogP contribution in [0.4, 0.5) is 34.1 Å². The van der Waals surface area contributed by atoms with Crippen molar-refractivity contribution in [2.24, 2.45) is 0 Å². The zero-order chi connectivity index (χ0) is 31.3. The second-order valence-electron chi connectivity index (χ2n) is 13.3. The molecule has 46 heavy (non-hydrogen) atoms. The van der Waals surface area contributed by atoms with Gasteiger partial charge < -0.3 is 9.80 Å². The van der Waals surface area contributed by atoms with Crippen molar-refractivity contribution in [2.45, 2.75) is 34.6 Å². The van der Waals surface area contributed by atoms with Gasteiger partial charge in [0, 0.05) is 11.4 Å². The minimum Gasteiger partial charge on any atom is -0.307 e. The molecule has 0 amide bonds. The molecule has 0 aliphatic carbocycles. The third-order valence-corrected chi connectivity index (χ3v) is 10.3. The predicted octanol–water partition coefficient (Wildman–Crippen LogP) is 9.62. The molecule has 0 spiro atoms. The summed E-state index contributed by atoms with van der Waals surface area (Å²) in [6.07, 6.45) is 0. The molecule has 3 heteroatoms. The molecule has 7 aromatic rings. The van der Waals surface area contributed by atoms with Crippen molar-refractivity contribution < 1.29 is 0 Å². The third kappa shape index (κ3) is 3.72. The van der Waals surface area contributed by atoms with E-state index in [4.69, 9.17) is 0 Å². The molecular formula is C43H35BN2. The Labute approximate surface area is 271 Å². The number of benzene rings is 7. The molecule has 2 aliphatic heterocycles. The smallest absolute Gasteiger partial charge is 0.248 e. The van der Waals surface area contributed by atoms with Crippen molar-refractivity contribution in [3.8, 4) is 0 Å². The first kappa shape index (κ1) is 27.1. The average Bonchev–Trinajstić information content (AvgIpc) is 3.05. The molecule has 2 heterocycles. The van der Waals surface area contributed by atoms with E-state index in [1.807, 2.05) is 0 Å². The van der Waals surface area contributed by atoms with Gasteiger partial charge >= 0.3 is 0 Å². The van der Waals surface area contributed by atoms with Crippen molar-refractivity contribution in [3.05, 3.63) is 149 Å². The Kier molecular flexibility index (Phi) is 5.80. The lowest BCUT2D eigenvalue weighted by molar-refractivity contribution is 1.16. The topological polar surface area (TPSA) is 6.48 Å².